The summed E-state index contributed by atoms with van der Waals surface area (Å²) in [5.74, 6) is 2.29. The van der Waals surface area contributed by atoms with Gasteiger partial charge < -0.3 is 10.1 Å². The van der Waals surface area contributed by atoms with Gasteiger partial charge >= 0.3 is 0 Å². The number of fused-ring (bicyclic) bond motifs is 1. The molecule has 0 fully saturated rings. The number of rotatable bonds is 5. The van der Waals surface area contributed by atoms with Gasteiger partial charge in [-0.1, -0.05) is 18.2 Å². The van der Waals surface area contributed by atoms with Gasteiger partial charge in [-0.25, -0.2) is 0 Å². The first kappa shape index (κ1) is 11.8. The summed E-state index contributed by atoms with van der Waals surface area (Å²) in [6, 6.07) is 8.83. The maximum atomic E-state index is 5.64. The van der Waals surface area contributed by atoms with Crippen molar-refractivity contribution in [1.82, 2.24) is 5.32 Å². The zero-order valence-corrected chi connectivity index (χ0v) is 10.6. The molecule has 1 unspecified atom stereocenters. The van der Waals surface area contributed by atoms with Gasteiger partial charge in [0.1, 0.15) is 5.75 Å². The van der Waals surface area contributed by atoms with E-state index < -0.39 is 0 Å². The molecule has 0 amide bonds. The molecule has 0 saturated carbocycles. The van der Waals surface area contributed by atoms with Crippen molar-refractivity contribution in [3.63, 3.8) is 0 Å². The molecule has 1 aromatic carbocycles. The Morgan fingerprint density at radius 2 is 2.31 bits per heavy atom. The number of thioether (sulfide) groups is 1. The van der Waals surface area contributed by atoms with Gasteiger partial charge in [0.25, 0.3) is 0 Å². The summed E-state index contributed by atoms with van der Waals surface area (Å²) in [5.41, 5.74) is 1.32. The van der Waals surface area contributed by atoms with Gasteiger partial charge in [0.05, 0.1) is 6.61 Å². The highest BCUT2D eigenvalue weighted by Crippen LogP contribution is 2.31. The molecule has 0 aliphatic carbocycles. The van der Waals surface area contributed by atoms with E-state index in [1.807, 2.05) is 17.8 Å². The number of hydrogen-bond acceptors (Lipinski definition) is 3. The summed E-state index contributed by atoms with van der Waals surface area (Å²) in [4.78, 5) is 0. The first-order valence-corrected chi connectivity index (χ1v) is 7.25. The van der Waals surface area contributed by atoms with E-state index in [-0.39, 0.29) is 0 Å². The molecule has 0 saturated heterocycles. The monoisotopic (exact) mass is 237 g/mol. The molecule has 16 heavy (non-hydrogen) atoms. The van der Waals surface area contributed by atoms with Gasteiger partial charge in [-0.15, -0.1) is 0 Å². The summed E-state index contributed by atoms with van der Waals surface area (Å²) in [5, 5.41) is 3.62. The molecule has 0 aromatic heterocycles. The van der Waals surface area contributed by atoms with Gasteiger partial charge in [-0.3, -0.25) is 0 Å². The number of nitrogens with one attached hydrogen (secondary N) is 1. The van der Waals surface area contributed by atoms with Crippen molar-refractivity contribution in [2.75, 3.05) is 25.2 Å². The van der Waals surface area contributed by atoms with Gasteiger partial charge in [-0.2, -0.15) is 11.8 Å². The smallest absolute Gasteiger partial charge is 0.124 e. The van der Waals surface area contributed by atoms with Crippen LogP contribution in [-0.4, -0.2) is 25.2 Å². The molecule has 2 rings (SSSR count). The van der Waals surface area contributed by atoms with E-state index in [0.29, 0.717) is 6.04 Å². The lowest BCUT2D eigenvalue weighted by Crippen LogP contribution is -2.28. The molecule has 1 heterocycles. The lowest BCUT2D eigenvalue weighted by Gasteiger charge is -2.26. The van der Waals surface area contributed by atoms with Crippen molar-refractivity contribution >= 4 is 11.8 Å². The Balaban J connectivity index is 1.91. The summed E-state index contributed by atoms with van der Waals surface area (Å²) in [7, 11) is 0. The van der Waals surface area contributed by atoms with Gasteiger partial charge in [0, 0.05) is 18.0 Å². The molecule has 0 spiro atoms. The van der Waals surface area contributed by atoms with E-state index >= 15 is 0 Å². The van der Waals surface area contributed by atoms with Crippen LogP contribution in [0, 0.1) is 0 Å². The second-order valence-corrected chi connectivity index (χ2v) is 5.01. The fraction of sp³-hybridized carbons (Fsp3) is 0.538. The van der Waals surface area contributed by atoms with E-state index in [9.17, 15) is 0 Å². The van der Waals surface area contributed by atoms with Crippen molar-refractivity contribution in [2.45, 2.75) is 18.9 Å². The van der Waals surface area contributed by atoms with E-state index in [1.165, 1.54) is 17.7 Å². The van der Waals surface area contributed by atoms with E-state index in [0.717, 1.165) is 25.3 Å². The SMILES string of the molecule is CSCCCNC1CCOc2ccccc21. The minimum absolute atomic E-state index is 0.479. The molecule has 3 heteroatoms. The maximum Gasteiger partial charge on any atom is 0.124 e. The van der Waals surface area contributed by atoms with Crippen LogP contribution in [0.25, 0.3) is 0 Å². The zero-order chi connectivity index (χ0) is 11.2. The fourth-order valence-corrected chi connectivity index (χ4v) is 2.48. The minimum Gasteiger partial charge on any atom is -0.493 e. The average molecular weight is 237 g/mol. The van der Waals surface area contributed by atoms with Crippen LogP contribution in [-0.2, 0) is 0 Å². The van der Waals surface area contributed by atoms with Crippen LogP contribution < -0.4 is 10.1 Å². The van der Waals surface area contributed by atoms with Crippen molar-refractivity contribution < 1.29 is 4.74 Å². The molecule has 1 N–H and O–H groups in total. The van der Waals surface area contributed by atoms with Crippen molar-refractivity contribution in [3.8, 4) is 5.75 Å². The largest absolute Gasteiger partial charge is 0.493 e. The van der Waals surface area contributed by atoms with Gasteiger partial charge in [0.2, 0.25) is 0 Å². The number of para-hydroxylation sites is 1. The van der Waals surface area contributed by atoms with Crippen LogP contribution in [0.15, 0.2) is 24.3 Å². The number of hydrogen-bond donors (Lipinski definition) is 1. The van der Waals surface area contributed by atoms with Crippen LogP contribution in [0.4, 0.5) is 0 Å². The predicted octanol–water partition coefficient (Wildman–Crippen LogP) is 2.85. The second kappa shape index (κ2) is 6.16. The average Bonchev–Trinajstić information content (AvgIpc) is 2.35. The molecule has 1 aliphatic rings. The molecule has 0 radical (unpaired) electrons. The highest BCUT2D eigenvalue weighted by Gasteiger charge is 2.19. The van der Waals surface area contributed by atoms with E-state index in [2.05, 4.69) is 29.8 Å². The van der Waals surface area contributed by atoms with E-state index in [4.69, 9.17) is 4.74 Å². The van der Waals surface area contributed by atoms with Crippen molar-refractivity contribution in [2.24, 2.45) is 0 Å². The molecule has 0 bridgehead atoms. The van der Waals surface area contributed by atoms with Gasteiger partial charge in [-0.05, 0) is 31.0 Å². The lowest BCUT2D eigenvalue weighted by atomic mass is 10.0. The first-order chi connectivity index (χ1) is 7.92. The summed E-state index contributed by atoms with van der Waals surface area (Å²) in [6.07, 6.45) is 4.47. The topological polar surface area (TPSA) is 21.3 Å². The van der Waals surface area contributed by atoms with Crippen LogP contribution >= 0.6 is 11.8 Å². The van der Waals surface area contributed by atoms with Crippen LogP contribution in [0.2, 0.25) is 0 Å². The van der Waals surface area contributed by atoms with E-state index in [1.54, 1.807) is 0 Å². The normalized spacial score (nSPS) is 18.9. The minimum atomic E-state index is 0.479. The Hall–Kier alpha value is -0.670. The molecule has 1 aromatic rings. The predicted molar refractivity (Wildman–Crippen MR) is 70.3 cm³/mol. The number of benzene rings is 1. The summed E-state index contributed by atoms with van der Waals surface area (Å²) in [6.45, 7) is 1.93. The molecular formula is C13H19NOS. The Morgan fingerprint density at radius 1 is 1.44 bits per heavy atom. The second-order valence-electron chi connectivity index (χ2n) is 4.03. The Morgan fingerprint density at radius 3 is 3.19 bits per heavy atom. The highest BCUT2D eigenvalue weighted by atomic mass is 32.2. The lowest BCUT2D eigenvalue weighted by molar-refractivity contribution is 0.253. The Bertz CT molecular complexity index is 329. The summed E-state index contributed by atoms with van der Waals surface area (Å²) >= 11 is 1.91. The van der Waals surface area contributed by atoms with Crippen LogP contribution in [0.3, 0.4) is 0 Å². The van der Waals surface area contributed by atoms with Crippen molar-refractivity contribution in [3.05, 3.63) is 29.8 Å². The summed E-state index contributed by atoms with van der Waals surface area (Å²) < 4.78 is 5.64. The zero-order valence-electron chi connectivity index (χ0n) is 9.74. The Labute approximate surface area is 102 Å². The third kappa shape index (κ3) is 2.92. The molecule has 2 nitrogen and oxygen atoms in total. The molecule has 1 aliphatic heterocycles. The van der Waals surface area contributed by atoms with Crippen LogP contribution in [0.5, 0.6) is 5.75 Å². The van der Waals surface area contributed by atoms with Crippen LogP contribution in [0.1, 0.15) is 24.4 Å². The third-order valence-corrected chi connectivity index (χ3v) is 3.57. The fourth-order valence-electron chi connectivity index (χ4n) is 2.05. The molecule has 1 atom stereocenters. The maximum absolute atomic E-state index is 5.64. The highest BCUT2D eigenvalue weighted by molar-refractivity contribution is 7.98. The molecular weight excluding hydrogens is 218 g/mol. The standard InChI is InChI=1S/C13H19NOS/c1-16-10-4-8-14-12-7-9-15-13-6-3-2-5-11(12)13/h2-3,5-6,12,14H,4,7-10H2,1H3. The van der Waals surface area contributed by atoms with Gasteiger partial charge in [0.15, 0.2) is 0 Å². The van der Waals surface area contributed by atoms with Crippen molar-refractivity contribution in [1.29, 1.82) is 0 Å². The first-order valence-electron chi connectivity index (χ1n) is 5.86. The Kier molecular flexibility index (Phi) is 4.55. The quantitative estimate of drug-likeness (QED) is 0.796. The molecule has 88 valence electrons. The number of ether oxygens (including phenoxy) is 1. The third-order valence-electron chi connectivity index (χ3n) is 2.87.